The van der Waals surface area contributed by atoms with E-state index in [0.717, 1.165) is 12.8 Å². The molecule has 0 spiro atoms. The molecular weight excluding hydrogens is 446 g/mol. The molecule has 0 aliphatic carbocycles. The number of benzene rings is 2. The van der Waals surface area contributed by atoms with Crippen LogP contribution in [0.2, 0.25) is 0 Å². The number of non-ortho nitro benzene ring substituents is 1. The predicted molar refractivity (Wildman–Crippen MR) is 122 cm³/mol. The van der Waals surface area contributed by atoms with E-state index < -0.39 is 20.9 Å². The first kappa shape index (κ1) is 22.6. The molecule has 1 saturated heterocycles. The smallest absolute Gasteiger partial charge is 0.276 e. The Morgan fingerprint density at radius 2 is 1.70 bits per heavy atom. The second-order valence-electron chi connectivity index (χ2n) is 7.98. The van der Waals surface area contributed by atoms with Crippen molar-refractivity contribution < 1.29 is 18.1 Å². The molecule has 0 unspecified atom stereocenters. The number of nitro benzene ring substituents is 1. The van der Waals surface area contributed by atoms with Crippen LogP contribution in [0, 0.1) is 16.0 Å². The van der Waals surface area contributed by atoms with Gasteiger partial charge in [0, 0.05) is 37.1 Å². The summed E-state index contributed by atoms with van der Waals surface area (Å²) in [5.74, 6) is 0.0641. The molecule has 1 aromatic heterocycles. The average Bonchev–Trinajstić information content (AvgIpc) is 3.30. The van der Waals surface area contributed by atoms with Gasteiger partial charge in [0.15, 0.2) is 5.69 Å². The lowest BCUT2D eigenvalue weighted by atomic mass is 10.0. The fraction of sp³-hybridized carbons (Fsp3) is 0.273. The van der Waals surface area contributed by atoms with Crippen molar-refractivity contribution in [2.24, 2.45) is 5.92 Å². The predicted octanol–water partition coefficient (Wildman–Crippen LogP) is 3.45. The molecule has 11 heteroatoms. The van der Waals surface area contributed by atoms with Crippen molar-refractivity contribution >= 4 is 27.3 Å². The van der Waals surface area contributed by atoms with Crippen molar-refractivity contribution in [2.75, 3.05) is 18.4 Å². The van der Waals surface area contributed by atoms with Gasteiger partial charge in [0.1, 0.15) is 0 Å². The minimum absolute atomic E-state index is 0.0378. The van der Waals surface area contributed by atoms with E-state index in [1.54, 1.807) is 18.3 Å². The molecule has 0 bridgehead atoms. The zero-order valence-corrected chi connectivity index (χ0v) is 18.7. The summed E-state index contributed by atoms with van der Waals surface area (Å²) in [6, 6.07) is 13.4. The Hall–Kier alpha value is -3.57. The van der Waals surface area contributed by atoms with Crippen LogP contribution in [0.15, 0.2) is 65.7 Å². The Labute approximate surface area is 191 Å². The number of rotatable bonds is 6. The maximum atomic E-state index is 12.8. The zero-order chi connectivity index (χ0) is 23.6. The number of carbonyl (C=O) groups is 1. The highest BCUT2D eigenvalue weighted by atomic mass is 32.2. The first-order valence-corrected chi connectivity index (χ1v) is 11.9. The third kappa shape index (κ3) is 4.94. The third-order valence-corrected chi connectivity index (χ3v) is 7.55. The van der Waals surface area contributed by atoms with E-state index in [1.807, 2.05) is 0 Å². The number of carbonyl (C=O) groups excluding carboxylic acids is 1. The number of amides is 1. The van der Waals surface area contributed by atoms with E-state index >= 15 is 0 Å². The van der Waals surface area contributed by atoms with Gasteiger partial charge in [-0.3, -0.25) is 14.9 Å². The van der Waals surface area contributed by atoms with Gasteiger partial charge >= 0.3 is 0 Å². The van der Waals surface area contributed by atoms with Gasteiger partial charge in [0.25, 0.3) is 11.6 Å². The van der Waals surface area contributed by atoms with E-state index in [1.165, 1.54) is 51.5 Å². The molecule has 3 aromatic rings. The molecule has 0 radical (unpaired) electrons. The summed E-state index contributed by atoms with van der Waals surface area (Å²) >= 11 is 0. The van der Waals surface area contributed by atoms with Crippen molar-refractivity contribution in [3.8, 4) is 5.69 Å². The van der Waals surface area contributed by atoms with Crippen LogP contribution in [0.1, 0.15) is 30.3 Å². The summed E-state index contributed by atoms with van der Waals surface area (Å²) in [6.07, 6.45) is 3.27. The molecular formula is C22H23N5O5S. The quantitative estimate of drug-likeness (QED) is 0.435. The van der Waals surface area contributed by atoms with Gasteiger partial charge in [-0.25, -0.2) is 13.1 Å². The lowest BCUT2D eigenvalue weighted by Gasteiger charge is -2.29. The van der Waals surface area contributed by atoms with Crippen molar-refractivity contribution in [1.29, 1.82) is 0 Å². The molecule has 1 aliphatic heterocycles. The number of nitrogens with zero attached hydrogens (tertiary/aromatic N) is 4. The summed E-state index contributed by atoms with van der Waals surface area (Å²) in [7, 11) is -3.56. The fourth-order valence-corrected chi connectivity index (χ4v) is 5.07. The van der Waals surface area contributed by atoms with Gasteiger partial charge in [0.2, 0.25) is 10.0 Å². The number of aromatic nitrogens is 2. The summed E-state index contributed by atoms with van der Waals surface area (Å²) in [4.78, 5) is 23.0. The van der Waals surface area contributed by atoms with Crippen LogP contribution in [-0.4, -0.2) is 46.4 Å². The van der Waals surface area contributed by atoms with Crippen LogP contribution < -0.4 is 5.32 Å². The van der Waals surface area contributed by atoms with E-state index in [9.17, 15) is 23.3 Å². The fourth-order valence-electron chi connectivity index (χ4n) is 3.60. The van der Waals surface area contributed by atoms with E-state index in [2.05, 4.69) is 17.3 Å². The highest BCUT2D eigenvalue weighted by Gasteiger charge is 2.28. The topological polar surface area (TPSA) is 127 Å². The Kier molecular flexibility index (Phi) is 6.25. The highest BCUT2D eigenvalue weighted by molar-refractivity contribution is 7.89. The lowest BCUT2D eigenvalue weighted by molar-refractivity contribution is -0.384. The summed E-state index contributed by atoms with van der Waals surface area (Å²) in [6.45, 7) is 3.15. The molecule has 1 N–H and O–H groups in total. The number of anilines is 1. The second-order valence-corrected chi connectivity index (χ2v) is 9.92. The van der Waals surface area contributed by atoms with Crippen LogP contribution in [0.3, 0.4) is 0 Å². The normalized spacial score (nSPS) is 15.3. The Morgan fingerprint density at radius 3 is 2.30 bits per heavy atom. The van der Waals surface area contributed by atoms with Crippen LogP contribution in [0.25, 0.3) is 5.69 Å². The SMILES string of the molecule is CC1CCN(S(=O)(=O)c2ccc(NC(=O)c3ccn(-c4ccc([N+](=O)[O-])cc4)n3)cc2)CC1. The average molecular weight is 470 g/mol. The van der Waals surface area contributed by atoms with E-state index in [0.29, 0.717) is 30.4 Å². The second kappa shape index (κ2) is 9.12. The van der Waals surface area contributed by atoms with Gasteiger partial charge < -0.3 is 5.32 Å². The first-order chi connectivity index (χ1) is 15.7. The van der Waals surface area contributed by atoms with E-state index in [-0.39, 0.29) is 16.3 Å². The molecule has 172 valence electrons. The molecule has 0 saturated carbocycles. The molecule has 4 rings (SSSR count). The van der Waals surface area contributed by atoms with E-state index in [4.69, 9.17) is 0 Å². The largest absolute Gasteiger partial charge is 0.321 e. The summed E-state index contributed by atoms with van der Waals surface area (Å²) in [5.41, 5.74) is 1.12. The van der Waals surface area contributed by atoms with Crippen LogP contribution in [-0.2, 0) is 10.0 Å². The molecule has 2 aromatic carbocycles. The van der Waals surface area contributed by atoms with Gasteiger partial charge in [-0.1, -0.05) is 6.92 Å². The minimum Gasteiger partial charge on any atom is -0.321 e. The number of hydrogen-bond donors (Lipinski definition) is 1. The lowest BCUT2D eigenvalue weighted by Crippen LogP contribution is -2.37. The number of nitrogens with one attached hydrogen (secondary N) is 1. The Morgan fingerprint density at radius 1 is 1.06 bits per heavy atom. The van der Waals surface area contributed by atoms with Crippen molar-refractivity contribution in [3.63, 3.8) is 0 Å². The number of sulfonamides is 1. The maximum Gasteiger partial charge on any atom is 0.276 e. The van der Waals surface area contributed by atoms with Crippen molar-refractivity contribution in [1.82, 2.24) is 14.1 Å². The molecule has 0 atom stereocenters. The first-order valence-electron chi connectivity index (χ1n) is 10.5. The van der Waals surface area contributed by atoms with Gasteiger partial charge in [-0.05, 0) is 61.2 Å². The molecule has 33 heavy (non-hydrogen) atoms. The molecule has 2 heterocycles. The maximum absolute atomic E-state index is 12.8. The Bertz CT molecular complexity index is 1260. The molecule has 1 aliphatic rings. The van der Waals surface area contributed by atoms with Crippen LogP contribution in [0.4, 0.5) is 11.4 Å². The summed E-state index contributed by atoms with van der Waals surface area (Å²) in [5, 5.41) is 17.7. The monoisotopic (exact) mass is 469 g/mol. The number of hydrogen-bond acceptors (Lipinski definition) is 6. The Balaban J connectivity index is 1.42. The van der Waals surface area contributed by atoms with Crippen molar-refractivity contribution in [2.45, 2.75) is 24.7 Å². The van der Waals surface area contributed by atoms with Gasteiger partial charge in [-0.2, -0.15) is 9.40 Å². The van der Waals surface area contributed by atoms with Crippen LogP contribution in [0.5, 0.6) is 0 Å². The number of nitro groups is 1. The highest BCUT2D eigenvalue weighted by Crippen LogP contribution is 2.24. The minimum atomic E-state index is -3.56. The third-order valence-electron chi connectivity index (χ3n) is 5.64. The molecule has 1 amide bonds. The van der Waals surface area contributed by atoms with Crippen LogP contribution >= 0.6 is 0 Å². The van der Waals surface area contributed by atoms with Crippen molar-refractivity contribution in [3.05, 3.63) is 76.6 Å². The summed E-state index contributed by atoms with van der Waals surface area (Å²) < 4.78 is 28.6. The standard InChI is InChI=1S/C22H23N5O5S/c1-16-10-13-25(14-11-16)33(31,32)20-8-2-17(3-9-20)23-22(28)21-12-15-26(24-21)18-4-6-19(7-5-18)27(29)30/h2-9,12,15-16H,10-11,13-14H2,1H3,(H,23,28). The van der Waals surface area contributed by atoms with Gasteiger partial charge in [0.05, 0.1) is 15.5 Å². The number of piperidine rings is 1. The zero-order valence-electron chi connectivity index (χ0n) is 17.9. The molecule has 10 nitrogen and oxygen atoms in total. The molecule has 1 fully saturated rings. The van der Waals surface area contributed by atoms with Gasteiger partial charge in [-0.15, -0.1) is 0 Å².